The molecule has 1 saturated heterocycles. The number of fused-ring (bicyclic) bond motifs is 1. The third-order valence-corrected chi connectivity index (χ3v) is 5.80. The number of nitrogens with one attached hydrogen (secondary N) is 1. The highest BCUT2D eigenvalue weighted by molar-refractivity contribution is 7.20. The van der Waals surface area contributed by atoms with E-state index < -0.39 is 0 Å². The van der Waals surface area contributed by atoms with Gasteiger partial charge < -0.3 is 15.0 Å². The highest BCUT2D eigenvalue weighted by Gasteiger charge is 2.36. The van der Waals surface area contributed by atoms with E-state index in [0.29, 0.717) is 36.1 Å². The first-order valence-electron chi connectivity index (χ1n) is 9.13. The lowest BCUT2D eigenvalue weighted by molar-refractivity contribution is -0.131. The summed E-state index contributed by atoms with van der Waals surface area (Å²) in [5.41, 5.74) is 0.604. The molecular weight excluding hydrogens is 364 g/mol. The summed E-state index contributed by atoms with van der Waals surface area (Å²) in [6.07, 6.45) is 0.426. The Hall–Kier alpha value is -2.22. The quantitative estimate of drug-likeness (QED) is 0.807. The summed E-state index contributed by atoms with van der Waals surface area (Å²) >= 11 is 1.32. The maximum Gasteiger partial charge on any atom is 0.348 e. The minimum Gasteiger partial charge on any atom is -0.462 e. The normalized spacial score (nSPS) is 17.6. The van der Waals surface area contributed by atoms with Crippen LogP contribution in [0.5, 0.6) is 0 Å². The second-order valence-electron chi connectivity index (χ2n) is 7.80. The molecule has 0 saturated carbocycles. The largest absolute Gasteiger partial charge is 0.462 e. The average molecular weight is 391 g/mol. The number of thiophene rings is 1. The van der Waals surface area contributed by atoms with Crippen molar-refractivity contribution in [1.29, 1.82) is 0 Å². The number of carbonyl (C=O) groups is 2. The van der Waals surface area contributed by atoms with Gasteiger partial charge in [-0.25, -0.2) is 14.8 Å². The molecule has 1 N–H and O–H groups in total. The number of amides is 1. The molecule has 0 aromatic carbocycles. The standard InChI is InChI=1S/C19H26N4O3S/c1-7-26-18(25)15-10(2)14-16(20-11(3)21-17(14)27-15)22-12-8-13(24)23(9-12)19(4,5)6/h12H,7-9H2,1-6H3,(H,20,21,22). The van der Waals surface area contributed by atoms with Gasteiger partial charge in [0.25, 0.3) is 0 Å². The summed E-state index contributed by atoms with van der Waals surface area (Å²) in [6, 6.07) is -0.0282. The molecule has 3 heterocycles. The van der Waals surface area contributed by atoms with E-state index >= 15 is 0 Å². The van der Waals surface area contributed by atoms with Crippen molar-refractivity contribution in [2.75, 3.05) is 18.5 Å². The molecule has 8 heteroatoms. The predicted octanol–water partition coefficient (Wildman–Crippen LogP) is 3.30. The van der Waals surface area contributed by atoms with Gasteiger partial charge in [-0.1, -0.05) is 0 Å². The molecule has 1 unspecified atom stereocenters. The van der Waals surface area contributed by atoms with Gasteiger partial charge in [-0.05, 0) is 47.1 Å². The maximum absolute atomic E-state index is 12.4. The van der Waals surface area contributed by atoms with Crippen LogP contribution in [0.2, 0.25) is 0 Å². The van der Waals surface area contributed by atoms with E-state index in [2.05, 4.69) is 15.3 Å². The van der Waals surface area contributed by atoms with Gasteiger partial charge in [-0.2, -0.15) is 0 Å². The predicted molar refractivity (Wildman–Crippen MR) is 106 cm³/mol. The molecule has 2 aromatic rings. The second-order valence-corrected chi connectivity index (χ2v) is 8.80. The third kappa shape index (κ3) is 3.76. The van der Waals surface area contributed by atoms with Gasteiger partial charge in [0.05, 0.1) is 18.0 Å². The molecule has 2 aromatic heterocycles. The van der Waals surface area contributed by atoms with Crippen molar-refractivity contribution in [1.82, 2.24) is 14.9 Å². The summed E-state index contributed by atoms with van der Waals surface area (Å²) < 4.78 is 5.16. The Morgan fingerprint density at radius 2 is 2.04 bits per heavy atom. The lowest BCUT2D eigenvalue weighted by Gasteiger charge is -2.32. The number of anilines is 1. The van der Waals surface area contributed by atoms with Crippen molar-refractivity contribution in [3.05, 3.63) is 16.3 Å². The number of aryl methyl sites for hydroxylation is 2. The zero-order chi connectivity index (χ0) is 19.9. The molecule has 0 spiro atoms. The summed E-state index contributed by atoms with van der Waals surface area (Å²) in [6.45, 7) is 12.6. The van der Waals surface area contributed by atoms with Gasteiger partial charge in [0.1, 0.15) is 21.3 Å². The van der Waals surface area contributed by atoms with Crippen LogP contribution in [0.3, 0.4) is 0 Å². The molecule has 27 heavy (non-hydrogen) atoms. The van der Waals surface area contributed by atoms with Crippen molar-refractivity contribution >= 4 is 39.2 Å². The van der Waals surface area contributed by atoms with Crippen molar-refractivity contribution < 1.29 is 14.3 Å². The molecule has 0 bridgehead atoms. The van der Waals surface area contributed by atoms with E-state index in [1.54, 1.807) is 6.92 Å². The molecule has 1 amide bonds. The lowest BCUT2D eigenvalue weighted by Crippen LogP contribution is -2.43. The van der Waals surface area contributed by atoms with E-state index in [1.165, 1.54) is 11.3 Å². The molecule has 1 aliphatic rings. The molecule has 1 aliphatic heterocycles. The van der Waals surface area contributed by atoms with Crippen LogP contribution in [0.25, 0.3) is 10.2 Å². The Morgan fingerprint density at radius 1 is 1.33 bits per heavy atom. The van der Waals surface area contributed by atoms with Gasteiger partial charge >= 0.3 is 5.97 Å². The molecule has 3 rings (SSSR count). The molecule has 1 fully saturated rings. The number of hydrogen-bond acceptors (Lipinski definition) is 7. The Kier molecular flexibility index (Phi) is 5.12. The highest BCUT2D eigenvalue weighted by atomic mass is 32.1. The number of likely N-dealkylation sites (tertiary alicyclic amines) is 1. The van der Waals surface area contributed by atoms with E-state index in [-0.39, 0.29) is 23.5 Å². The van der Waals surface area contributed by atoms with E-state index in [0.717, 1.165) is 15.8 Å². The maximum atomic E-state index is 12.4. The molecule has 1 atom stereocenters. The van der Waals surface area contributed by atoms with Crippen molar-refractivity contribution in [2.24, 2.45) is 0 Å². The minimum absolute atomic E-state index is 0.0282. The van der Waals surface area contributed by atoms with E-state index in [9.17, 15) is 9.59 Å². The summed E-state index contributed by atoms with van der Waals surface area (Å²) in [5.74, 6) is 1.10. The Labute approximate surface area is 163 Å². The van der Waals surface area contributed by atoms with Gasteiger partial charge in [0, 0.05) is 18.5 Å². The summed E-state index contributed by atoms with van der Waals surface area (Å²) in [5, 5.41) is 4.25. The highest BCUT2D eigenvalue weighted by Crippen LogP contribution is 2.35. The summed E-state index contributed by atoms with van der Waals surface area (Å²) in [4.78, 5) is 36.9. The van der Waals surface area contributed by atoms with Crippen LogP contribution >= 0.6 is 11.3 Å². The monoisotopic (exact) mass is 390 g/mol. The smallest absolute Gasteiger partial charge is 0.348 e. The first kappa shape index (κ1) is 19.5. The number of esters is 1. The number of rotatable bonds is 4. The third-order valence-electron chi connectivity index (χ3n) is 4.64. The van der Waals surface area contributed by atoms with Crippen LogP contribution in [0.1, 0.15) is 55.2 Å². The Balaban J connectivity index is 1.95. The minimum atomic E-state index is -0.337. The Morgan fingerprint density at radius 3 is 2.63 bits per heavy atom. The van der Waals surface area contributed by atoms with E-state index in [4.69, 9.17) is 4.74 Å². The fourth-order valence-corrected chi connectivity index (χ4v) is 4.51. The van der Waals surface area contributed by atoms with Gasteiger partial charge in [-0.3, -0.25) is 4.79 Å². The number of ether oxygens (including phenoxy) is 1. The van der Waals surface area contributed by atoms with Gasteiger partial charge in [0.2, 0.25) is 5.91 Å². The topological polar surface area (TPSA) is 84.4 Å². The molecule has 7 nitrogen and oxygen atoms in total. The zero-order valence-corrected chi connectivity index (χ0v) is 17.5. The van der Waals surface area contributed by atoms with Crippen molar-refractivity contribution in [3.63, 3.8) is 0 Å². The SMILES string of the molecule is CCOC(=O)c1sc2nc(C)nc(NC3CC(=O)N(C(C)(C)C)C3)c2c1C. The molecular formula is C19H26N4O3S. The van der Waals surface area contributed by atoms with Crippen LogP contribution in [-0.4, -0.2) is 51.5 Å². The van der Waals surface area contributed by atoms with Crippen LogP contribution < -0.4 is 5.32 Å². The van der Waals surface area contributed by atoms with Crippen molar-refractivity contribution in [3.8, 4) is 0 Å². The van der Waals surface area contributed by atoms with Crippen molar-refractivity contribution in [2.45, 2.75) is 59.5 Å². The van der Waals surface area contributed by atoms with Crippen LogP contribution in [0.15, 0.2) is 0 Å². The van der Waals surface area contributed by atoms with Gasteiger partial charge in [0.15, 0.2) is 0 Å². The molecule has 146 valence electrons. The molecule has 0 radical (unpaired) electrons. The lowest BCUT2D eigenvalue weighted by atomic mass is 10.1. The number of aromatic nitrogens is 2. The Bertz CT molecular complexity index is 900. The fourth-order valence-electron chi connectivity index (χ4n) is 3.39. The van der Waals surface area contributed by atoms with Crippen LogP contribution in [-0.2, 0) is 9.53 Å². The molecule has 0 aliphatic carbocycles. The first-order chi connectivity index (χ1) is 12.6. The summed E-state index contributed by atoms with van der Waals surface area (Å²) in [7, 11) is 0. The number of nitrogens with zero attached hydrogens (tertiary/aromatic N) is 3. The number of carbonyl (C=O) groups excluding carboxylic acids is 2. The second kappa shape index (κ2) is 7.07. The van der Waals surface area contributed by atoms with Crippen LogP contribution in [0, 0.1) is 13.8 Å². The first-order valence-corrected chi connectivity index (χ1v) is 9.95. The van der Waals surface area contributed by atoms with E-state index in [1.807, 2.05) is 39.5 Å². The van der Waals surface area contributed by atoms with Crippen LogP contribution in [0.4, 0.5) is 5.82 Å². The zero-order valence-electron chi connectivity index (χ0n) is 16.7. The number of hydrogen-bond donors (Lipinski definition) is 1. The fraction of sp³-hybridized carbons (Fsp3) is 0.579. The average Bonchev–Trinajstić information content (AvgIpc) is 3.07. The van der Waals surface area contributed by atoms with Gasteiger partial charge in [-0.15, -0.1) is 11.3 Å².